The Kier molecular flexibility index (Phi) is 2.98. The van der Waals surface area contributed by atoms with E-state index in [1.54, 1.807) is 6.07 Å². The first-order valence-electron chi connectivity index (χ1n) is 3.56. The molecule has 1 nitrogen and oxygen atoms in total. The molecule has 0 fully saturated rings. The topological polar surface area (TPSA) is 23.8 Å². The molecule has 3 heteroatoms. The average molecular weight is 161 g/mol. The lowest BCUT2D eigenvalue weighted by atomic mass is 9.85. The molecule has 0 aromatic heterocycles. The van der Waals surface area contributed by atoms with Crippen molar-refractivity contribution in [3.63, 3.8) is 0 Å². The van der Waals surface area contributed by atoms with Crippen molar-refractivity contribution in [2.45, 2.75) is 39.5 Å². The van der Waals surface area contributed by atoms with E-state index >= 15 is 0 Å². The maximum absolute atomic E-state index is 13.0. The maximum Gasteiger partial charge on any atom is 0.253 e. The Morgan fingerprint density at radius 3 is 2.00 bits per heavy atom. The van der Waals surface area contributed by atoms with E-state index < -0.39 is 11.3 Å². The van der Waals surface area contributed by atoms with Crippen LogP contribution < -0.4 is 0 Å². The first kappa shape index (κ1) is 10.3. The molecular formula is C8H13F2N. The zero-order chi connectivity index (χ0) is 9.12. The van der Waals surface area contributed by atoms with Crippen molar-refractivity contribution in [1.82, 2.24) is 0 Å². The quantitative estimate of drug-likeness (QED) is 0.610. The second-order valence-electron chi connectivity index (χ2n) is 3.61. The van der Waals surface area contributed by atoms with Crippen molar-refractivity contribution in [3.8, 4) is 6.07 Å². The predicted molar refractivity (Wildman–Crippen MR) is 39.2 cm³/mol. The minimum atomic E-state index is -2.73. The molecule has 0 spiro atoms. The van der Waals surface area contributed by atoms with Crippen LogP contribution in [0.3, 0.4) is 0 Å². The molecule has 11 heavy (non-hydrogen) atoms. The van der Waals surface area contributed by atoms with Crippen LogP contribution in [0.15, 0.2) is 0 Å². The second-order valence-corrected chi connectivity index (χ2v) is 3.61. The average Bonchev–Trinajstić information content (AvgIpc) is 1.81. The van der Waals surface area contributed by atoms with Crippen molar-refractivity contribution >= 4 is 0 Å². The second kappa shape index (κ2) is 3.17. The smallest absolute Gasteiger partial charge is 0.206 e. The van der Waals surface area contributed by atoms with Gasteiger partial charge in [0.15, 0.2) is 0 Å². The predicted octanol–water partition coefficient (Wildman–Crippen LogP) is 2.97. The molecule has 0 radical (unpaired) electrons. The molecule has 0 amide bonds. The SMILES string of the molecule is CC(C)(C)C(F)(F)CCC#N. The highest BCUT2D eigenvalue weighted by Crippen LogP contribution is 2.38. The van der Waals surface area contributed by atoms with Gasteiger partial charge < -0.3 is 0 Å². The summed E-state index contributed by atoms with van der Waals surface area (Å²) in [6.45, 7) is 4.43. The van der Waals surface area contributed by atoms with E-state index in [-0.39, 0.29) is 12.8 Å². The largest absolute Gasteiger partial charge is 0.253 e. The number of hydrogen-bond donors (Lipinski definition) is 0. The van der Waals surface area contributed by atoms with Gasteiger partial charge in [-0.2, -0.15) is 5.26 Å². The van der Waals surface area contributed by atoms with Crippen molar-refractivity contribution in [3.05, 3.63) is 0 Å². The minimum absolute atomic E-state index is 0.0791. The molecule has 64 valence electrons. The van der Waals surface area contributed by atoms with Crippen LogP contribution in [-0.4, -0.2) is 5.92 Å². The van der Waals surface area contributed by atoms with Crippen molar-refractivity contribution < 1.29 is 8.78 Å². The van der Waals surface area contributed by atoms with Crippen LogP contribution in [-0.2, 0) is 0 Å². The number of rotatable bonds is 2. The van der Waals surface area contributed by atoms with E-state index in [0.717, 1.165) is 0 Å². The van der Waals surface area contributed by atoms with Crippen molar-refractivity contribution in [1.29, 1.82) is 5.26 Å². The van der Waals surface area contributed by atoms with Crippen LogP contribution in [0.1, 0.15) is 33.6 Å². The number of hydrogen-bond acceptors (Lipinski definition) is 1. The minimum Gasteiger partial charge on any atom is -0.206 e. The van der Waals surface area contributed by atoms with Gasteiger partial charge in [0.25, 0.3) is 5.92 Å². The molecule has 0 atom stereocenters. The highest BCUT2D eigenvalue weighted by Gasteiger charge is 2.41. The summed E-state index contributed by atoms with van der Waals surface area (Å²) in [7, 11) is 0. The van der Waals surface area contributed by atoms with Crippen molar-refractivity contribution in [2.24, 2.45) is 5.41 Å². The van der Waals surface area contributed by atoms with Gasteiger partial charge in [-0.1, -0.05) is 20.8 Å². The Hall–Kier alpha value is -0.650. The van der Waals surface area contributed by atoms with Gasteiger partial charge in [0, 0.05) is 18.3 Å². The lowest BCUT2D eigenvalue weighted by Gasteiger charge is -2.29. The number of nitrogens with zero attached hydrogens (tertiary/aromatic N) is 1. The van der Waals surface area contributed by atoms with Crippen LogP contribution in [0.2, 0.25) is 0 Å². The Morgan fingerprint density at radius 1 is 1.27 bits per heavy atom. The Labute approximate surface area is 66.0 Å². The summed E-state index contributed by atoms with van der Waals surface area (Å²) in [6, 6.07) is 1.72. The lowest BCUT2D eigenvalue weighted by molar-refractivity contribution is -0.101. The van der Waals surface area contributed by atoms with Crippen LogP contribution in [0.5, 0.6) is 0 Å². The summed E-state index contributed by atoms with van der Waals surface area (Å²) in [5.41, 5.74) is -1.04. The summed E-state index contributed by atoms with van der Waals surface area (Å²) < 4.78 is 25.9. The number of halogens is 2. The van der Waals surface area contributed by atoms with E-state index in [1.807, 2.05) is 0 Å². The third-order valence-corrected chi connectivity index (χ3v) is 1.65. The van der Waals surface area contributed by atoms with Gasteiger partial charge in [0.2, 0.25) is 0 Å². The molecule has 0 bridgehead atoms. The van der Waals surface area contributed by atoms with Gasteiger partial charge in [-0.05, 0) is 0 Å². The number of nitriles is 1. The Bertz CT molecular complexity index is 162. The summed E-state index contributed by atoms with van der Waals surface area (Å²) in [5, 5.41) is 8.11. The van der Waals surface area contributed by atoms with E-state index in [4.69, 9.17) is 5.26 Å². The fourth-order valence-corrected chi connectivity index (χ4v) is 0.588. The van der Waals surface area contributed by atoms with Gasteiger partial charge in [0.05, 0.1) is 6.07 Å². The van der Waals surface area contributed by atoms with Crippen LogP contribution in [0.4, 0.5) is 8.78 Å². The summed E-state index contributed by atoms with van der Waals surface area (Å²) in [4.78, 5) is 0. The van der Waals surface area contributed by atoms with E-state index in [1.165, 1.54) is 20.8 Å². The van der Waals surface area contributed by atoms with Crippen LogP contribution in [0, 0.1) is 16.7 Å². The summed E-state index contributed by atoms with van der Waals surface area (Å²) in [6.07, 6.45) is -0.419. The zero-order valence-corrected chi connectivity index (χ0v) is 7.12. The summed E-state index contributed by atoms with van der Waals surface area (Å²) in [5.74, 6) is -2.73. The molecule has 0 aliphatic heterocycles. The molecule has 0 unspecified atom stereocenters. The van der Waals surface area contributed by atoms with Crippen LogP contribution >= 0.6 is 0 Å². The van der Waals surface area contributed by atoms with Gasteiger partial charge in [-0.25, -0.2) is 8.78 Å². The molecule has 0 aromatic rings. The molecule has 0 aliphatic rings. The first-order chi connectivity index (χ1) is 4.81. The molecule has 0 aromatic carbocycles. The molecule has 0 aliphatic carbocycles. The number of alkyl halides is 2. The van der Waals surface area contributed by atoms with E-state index in [9.17, 15) is 8.78 Å². The fourth-order valence-electron chi connectivity index (χ4n) is 0.588. The monoisotopic (exact) mass is 161 g/mol. The summed E-state index contributed by atoms with van der Waals surface area (Å²) >= 11 is 0. The Balaban J connectivity index is 4.13. The molecule has 0 saturated heterocycles. The Morgan fingerprint density at radius 2 is 1.73 bits per heavy atom. The van der Waals surface area contributed by atoms with Gasteiger partial charge in [-0.15, -0.1) is 0 Å². The van der Waals surface area contributed by atoms with E-state index in [2.05, 4.69) is 0 Å². The standard InChI is InChI=1S/C8H13F2N/c1-7(2,3)8(9,10)5-4-6-11/h4-5H2,1-3H3. The molecule has 0 heterocycles. The lowest BCUT2D eigenvalue weighted by Crippen LogP contribution is -2.33. The highest BCUT2D eigenvalue weighted by atomic mass is 19.3. The van der Waals surface area contributed by atoms with Gasteiger partial charge in [0.1, 0.15) is 0 Å². The molecule has 0 saturated carbocycles. The van der Waals surface area contributed by atoms with E-state index in [0.29, 0.717) is 0 Å². The third-order valence-electron chi connectivity index (χ3n) is 1.65. The maximum atomic E-state index is 13.0. The first-order valence-corrected chi connectivity index (χ1v) is 3.56. The van der Waals surface area contributed by atoms with Gasteiger partial charge in [-0.3, -0.25) is 0 Å². The normalized spacial score (nSPS) is 12.7. The zero-order valence-electron chi connectivity index (χ0n) is 7.12. The molecule has 0 N–H and O–H groups in total. The molecular weight excluding hydrogens is 148 g/mol. The van der Waals surface area contributed by atoms with Crippen LogP contribution in [0.25, 0.3) is 0 Å². The van der Waals surface area contributed by atoms with Crippen molar-refractivity contribution in [2.75, 3.05) is 0 Å². The fraction of sp³-hybridized carbons (Fsp3) is 0.875. The van der Waals surface area contributed by atoms with Gasteiger partial charge >= 0.3 is 0 Å². The highest BCUT2D eigenvalue weighted by molar-refractivity contribution is 4.84. The molecule has 0 rings (SSSR count). The third kappa shape index (κ3) is 2.83.